The first-order chi connectivity index (χ1) is 11.0. The van der Waals surface area contributed by atoms with E-state index in [-0.39, 0.29) is 17.9 Å². The topological polar surface area (TPSA) is 85.9 Å². The van der Waals surface area contributed by atoms with E-state index >= 15 is 0 Å². The fourth-order valence-electron chi connectivity index (χ4n) is 3.34. The molecule has 132 valence electrons. The number of carbonyl (C=O) groups excluding carboxylic acids is 1. The summed E-state index contributed by atoms with van der Waals surface area (Å²) in [6.45, 7) is 7.58. The Morgan fingerprint density at radius 1 is 1.26 bits per heavy atom. The Hall–Kier alpha value is -1.30. The molecule has 1 amide bonds. The van der Waals surface area contributed by atoms with E-state index in [9.17, 15) is 4.79 Å². The molecule has 2 rings (SSSR count). The van der Waals surface area contributed by atoms with Crippen LogP contribution in [-0.4, -0.2) is 37.1 Å². The minimum absolute atomic E-state index is 0.112. The Balaban J connectivity index is 1.80. The molecule has 0 bridgehead atoms. The van der Waals surface area contributed by atoms with Gasteiger partial charge in [-0.05, 0) is 38.0 Å². The summed E-state index contributed by atoms with van der Waals surface area (Å²) in [6, 6.07) is 0.231. The summed E-state index contributed by atoms with van der Waals surface area (Å²) in [5.41, 5.74) is 5.96. The van der Waals surface area contributed by atoms with Crippen LogP contribution in [0.4, 0.5) is 0 Å². The molecule has 23 heavy (non-hydrogen) atoms. The number of amidine groups is 1. The molecule has 0 spiro atoms. The quantitative estimate of drug-likeness (QED) is 0.460. The highest BCUT2D eigenvalue weighted by atomic mass is 16.6. The number of nitrogens with one attached hydrogen (secondary N) is 1. The number of oxime groups is 1. The Morgan fingerprint density at radius 2 is 1.96 bits per heavy atom. The van der Waals surface area contributed by atoms with Gasteiger partial charge in [0.05, 0.1) is 0 Å². The van der Waals surface area contributed by atoms with Crippen molar-refractivity contribution in [2.24, 2.45) is 28.6 Å². The summed E-state index contributed by atoms with van der Waals surface area (Å²) in [5.74, 6) is 1.69. The molecule has 6 heteroatoms. The fourth-order valence-corrected chi connectivity index (χ4v) is 3.34. The van der Waals surface area contributed by atoms with Gasteiger partial charge in [-0.2, -0.15) is 0 Å². The second-order valence-corrected chi connectivity index (χ2v) is 7.03. The molecule has 1 aliphatic heterocycles. The van der Waals surface area contributed by atoms with Gasteiger partial charge in [-0.1, -0.05) is 31.8 Å². The molecule has 2 fully saturated rings. The normalized spacial score (nSPS) is 31.4. The largest absolute Gasteiger partial charge is 0.384 e. The molecule has 0 unspecified atom stereocenters. The molecule has 6 nitrogen and oxygen atoms in total. The smallest absolute Gasteiger partial charge is 0.263 e. The number of hydrogen-bond acceptors (Lipinski definition) is 4. The molecule has 2 aliphatic rings. The maximum atomic E-state index is 12.3. The van der Waals surface area contributed by atoms with Crippen LogP contribution in [0.15, 0.2) is 5.16 Å². The monoisotopic (exact) mass is 325 g/mol. The first-order valence-corrected chi connectivity index (χ1v) is 8.86. The van der Waals surface area contributed by atoms with Crippen LogP contribution >= 0.6 is 0 Å². The van der Waals surface area contributed by atoms with Crippen LogP contribution in [0.5, 0.6) is 0 Å². The van der Waals surface area contributed by atoms with Gasteiger partial charge in [0.25, 0.3) is 5.91 Å². The minimum atomic E-state index is -0.627. The molecule has 0 radical (unpaired) electrons. The van der Waals surface area contributed by atoms with E-state index < -0.39 is 6.10 Å². The average Bonchev–Trinajstić information content (AvgIpc) is 2.57. The Kier molecular flexibility index (Phi) is 6.69. The minimum Gasteiger partial charge on any atom is -0.384 e. The van der Waals surface area contributed by atoms with Crippen LogP contribution in [0.3, 0.4) is 0 Å². The number of hydrogen-bond donors (Lipinski definition) is 2. The molecular weight excluding hydrogens is 294 g/mol. The van der Waals surface area contributed by atoms with Crippen molar-refractivity contribution in [1.82, 2.24) is 5.32 Å². The van der Waals surface area contributed by atoms with E-state index in [0.717, 1.165) is 19.3 Å². The predicted molar refractivity (Wildman–Crippen MR) is 89.8 cm³/mol. The molecule has 1 saturated carbocycles. The van der Waals surface area contributed by atoms with Gasteiger partial charge in [-0.15, -0.1) is 0 Å². The third kappa shape index (κ3) is 5.09. The summed E-state index contributed by atoms with van der Waals surface area (Å²) < 4.78 is 5.30. The van der Waals surface area contributed by atoms with Crippen molar-refractivity contribution in [3.05, 3.63) is 0 Å². The van der Waals surface area contributed by atoms with Crippen LogP contribution in [-0.2, 0) is 14.4 Å². The zero-order chi connectivity index (χ0) is 16.8. The van der Waals surface area contributed by atoms with Gasteiger partial charge in [0.15, 0.2) is 0 Å². The SMILES string of the molecule is C[C@@H]1[C@H](C)CCC[C@H]1NC(=O)[C@H](C)ON=C(N)C1CCOCC1. The summed E-state index contributed by atoms with van der Waals surface area (Å²) in [4.78, 5) is 17.6. The lowest BCUT2D eigenvalue weighted by atomic mass is 9.78. The van der Waals surface area contributed by atoms with Crippen molar-refractivity contribution in [2.75, 3.05) is 13.2 Å². The number of nitrogens with two attached hydrogens (primary N) is 1. The lowest BCUT2D eigenvalue weighted by molar-refractivity contribution is -0.133. The Labute approximate surface area is 139 Å². The zero-order valence-corrected chi connectivity index (χ0v) is 14.6. The molecule has 0 aromatic heterocycles. The van der Waals surface area contributed by atoms with Crippen molar-refractivity contribution in [3.63, 3.8) is 0 Å². The van der Waals surface area contributed by atoms with Crippen molar-refractivity contribution >= 4 is 11.7 Å². The molecule has 0 aromatic carbocycles. The van der Waals surface area contributed by atoms with Crippen LogP contribution < -0.4 is 11.1 Å². The number of carbonyl (C=O) groups is 1. The third-order valence-electron chi connectivity index (χ3n) is 5.36. The van der Waals surface area contributed by atoms with Crippen LogP contribution in [0.1, 0.15) is 52.9 Å². The van der Waals surface area contributed by atoms with Gasteiger partial charge in [0.2, 0.25) is 6.10 Å². The number of amides is 1. The number of rotatable bonds is 5. The van der Waals surface area contributed by atoms with Gasteiger partial charge in [0, 0.05) is 25.2 Å². The van der Waals surface area contributed by atoms with Crippen LogP contribution in [0, 0.1) is 17.8 Å². The molecule has 3 N–H and O–H groups in total. The molecule has 4 atom stereocenters. The van der Waals surface area contributed by atoms with Gasteiger partial charge in [-0.3, -0.25) is 4.79 Å². The summed E-state index contributed by atoms with van der Waals surface area (Å²) >= 11 is 0. The van der Waals surface area contributed by atoms with Gasteiger partial charge in [-0.25, -0.2) is 0 Å². The highest BCUT2D eigenvalue weighted by molar-refractivity contribution is 5.83. The summed E-state index contributed by atoms with van der Waals surface area (Å²) in [5, 5.41) is 7.08. The molecule has 0 aromatic rings. The van der Waals surface area contributed by atoms with Gasteiger partial charge >= 0.3 is 0 Å². The predicted octanol–water partition coefficient (Wildman–Crippen LogP) is 2.03. The molecule has 1 aliphatic carbocycles. The standard InChI is InChI=1S/C17H31N3O3/c1-11-5-4-6-15(12(11)2)19-17(21)13(3)23-20-16(18)14-7-9-22-10-8-14/h11-15H,4-10H2,1-3H3,(H2,18,20)(H,19,21)/t11-,12-,13+,15-/m1/s1. The fraction of sp³-hybridized carbons (Fsp3) is 0.882. The maximum absolute atomic E-state index is 12.3. The maximum Gasteiger partial charge on any atom is 0.263 e. The summed E-state index contributed by atoms with van der Waals surface area (Å²) in [6.07, 6.45) is 4.54. The second kappa shape index (κ2) is 8.52. The van der Waals surface area contributed by atoms with Gasteiger partial charge in [0.1, 0.15) is 5.84 Å². The lowest BCUT2D eigenvalue weighted by Gasteiger charge is -2.35. The van der Waals surface area contributed by atoms with Crippen molar-refractivity contribution in [1.29, 1.82) is 0 Å². The number of nitrogens with zero attached hydrogens (tertiary/aromatic N) is 1. The first kappa shape index (κ1) is 18.0. The molecular formula is C17H31N3O3. The Bertz CT molecular complexity index is 421. The van der Waals surface area contributed by atoms with E-state index in [2.05, 4.69) is 24.3 Å². The van der Waals surface area contributed by atoms with E-state index in [0.29, 0.717) is 30.9 Å². The van der Waals surface area contributed by atoms with E-state index in [1.807, 2.05) is 0 Å². The molecule has 1 heterocycles. The average molecular weight is 325 g/mol. The van der Waals surface area contributed by atoms with E-state index in [4.69, 9.17) is 15.3 Å². The van der Waals surface area contributed by atoms with Crippen LogP contribution in [0.25, 0.3) is 0 Å². The van der Waals surface area contributed by atoms with Crippen molar-refractivity contribution in [3.8, 4) is 0 Å². The van der Waals surface area contributed by atoms with Crippen molar-refractivity contribution in [2.45, 2.75) is 65.0 Å². The lowest BCUT2D eigenvalue weighted by Crippen LogP contribution is -2.47. The third-order valence-corrected chi connectivity index (χ3v) is 5.36. The first-order valence-electron chi connectivity index (χ1n) is 8.86. The van der Waals surface area contributed by atoms with Crippen LogP contribution in [0.2, 0.25) is 0 Å². The van der Waals surface area contributed by atoms with Gasteiger partial charge < -0.3 is 20.6 Å². The highest BCUT2D eigenvalue weighted by Crippen LogP contribution is 2.29. The van der Waals surface area contributed by atoms with Crippen molar-refractivity contribution < 1.29 is 14.4 Å². The zero-order valence-electron chi connectivity index (χ0n) is 14.6. The van der Waals surface area contributed by atoms with E-state index in [1.165, 1.54) is 12.8 Å². The highest BCUT2D eigenvalue weighted by Gasteiger charge is 2.29. The molecule has 1 saturated heterocycles. The Morgan fingerprint density at radius 3 is 2.65 bits per heavy atom. The summed E-state index contributed by atoms with van der Waals surface area (Å²) in [7, 11) is 0. The van der Waals surface area contributed by atoms with E-state index in [1.54, 1.807) is 6.92 Å². The number of ether oxygens (including phenoxy) is 1. The second-order valence-electron chi connectivity index (χ2n) is 7.03.